The van der Waals surface area contributed by atoms with Gasteiger partial charge in [-0.1, -0.05) is 12.1 Å². The van der Waals surface area contributed by atoms with E-state index in [2.05, 4.69) is 10.2 Å². The van der Waals surface area contributed by atoms with Crippen LogP contribution in [-0.2, 0) is 16.1 Å². The Balaban J connectivity index is 1.32. The lowest BCUT2D eigenvalue weighted by atomic mass is 9.78. The maximum absolute atomic E-state index is 13.2. The maximum Gasteiger partial charge on any atom is 0.230 e. The summed E-state index contributed by atoms with van der Waals surface area (Å²) in [6.45, 7) is 3.67. The van der Waals surface area contributed by atoms with E-state index in [1.807, 2.05) is 4.90 Å². The molecule has 2 heterocycles. The highest BCUT2D eigenvalue weighted by Crippen LogP contribution is 2.40. The fourth-order valence-electron chi connectivity index (χ4n) is 4.43. The largest absolute Gasteiger partial charge is 0.353 e. The van der Waals surface area contributed by atoms with E-state index in [0.717, 1.165) is 63.8 Å². The molecule has 1 N–H and O–H groups in total. The number of benzene rings is 1. The first-order chi connectivity index (χ1) is 13.0. The molecule has 1 spiro atoms. The zero-order valence-electron chi connectivity index (χ0n) is 15.8. The van der Waals surface area contributed by atoms with Crippen molar-refractivity contribution in [3.05, 3.63) is 35.6 Å². The average molecular weight is 373 g/mol. The molecule has 2 saturated heterocycles. The number of hydrogen-bond acceptors (Lipinski definition) is 3. The molecule has 6 heteroatoms. The number of hydrogen-bond donors (Lipinski definition) is 1. The molecule has 0 radical (unpaired) electrons. The minimum absolute atomic E-state index is 0.131. The van der Waals surface area contributed by atoms with Gasteiger partial charge >= 0.3 is 0 Å². The SMILES string of the molecule is O=C(CCN1CC[C@]2(CCCN(Cc3ccc(F)cc3)C2=O)C1)NC1CC1. The van der Waals surface area contributed by atoms with Crippen LogP contribution < -0.4 is 5.32 Å². The summed E-state index contributed by atoms with van der Waals surface area (Å²) in [6.07, 6.45) is 5.53. The summed E-state index contributed by atoms with van der Waals surface area (Å²) in [5, 5.41) is 3.03. The first-order valence-corrected chi connectivity index (χ1v) is 10.1. The van der Waals surface area contributed by atoms with Gasteiger partial charge in [-0.2, -0.15) is 0 Å². The first kappa shape index (κ1) is 18.4. The Kier molecular flexibility index (Phi) is 5.17. The average Bonchev–Trinajstić information content (AvgIpc) is 3.37. The van der Waals surface area contributed by atoms with Crippen LogP contribution in [0.25, 0.3) is 0 Å². The Morgan fingerprint density at radius 3 is 2.70 bits per heavy atom. The lowest BCUT2D eigenvalue weighted by molar-refractivity contribution is -0.146. The number of piperidine rings is 1. The number of carbonyl (C=O) groups is 2. The summed E-state index contributed by atoms with van der Waals surface area (Å²) in [5.74, 6) is 0.103. The number of likely N-dealkylation sites (tertiary alicyclic amines) is 2. The van der Waals surface area contributed by atoms with Crippen LogP contribution in [0.3, 0.4) is 0 Å². The van der Waals surface area contributed by atoms with Crippen molar-refractivity contribution in [2.75, 3.05) is 26.2 Å². The minimum atomic E-state index is -0.300. The van der Waals surface area contributed by atoms with Crippen molar-refractivity contribution in [2.24, 2.45) is 5.41 Å². The molecule has 1 saturated carbocycles. The van der Waals surface area contributed by atoms with Gasteiger partial charge in [0.05, 0.1) is 5.41 Å². The lowest BCUT2D eigenvalue weighted by Crippen LogP contribution is -2.49. The van der Waals surface area contributed by atoms with Gasteiger partial charge in [0.1, 0.15) is 5.82 Å². The number of amides is 2. The molecule has 1 atom stereocenters. The molecule has 27 heavy (non-hydrogen) atoms. The number of halogens is 1. The fourth-order valence-corrected chi connectivity index (χ4v) is 4.43. The predicted octanol–water partition coefficient (Wildman–Crippen LogP) is 2.31. The molecule has 0 aromatic heterocycles. The Bertz CT molecular complexity index is 704. The predicted molar refractivity (Wildman–Crippen MR) is 100 cm³/mol. The Labute approximate surface area is 159 Å². The van der Waals surface area contributed by atoms with Gasteiger partial charge in [0.2, 0.25) is 11.8 Å². The molecular formula is C21H28FN3O2. The van der Waals surface area contributed by atoms with Crippen molar-refractivity contribution in [3.63, 3.8) is 0 Å². The second-order valence-electron chi connectivity index (χ2n) is 8.35. The Morgan fingerprint density at radius 1 is 1.19 bits per heavy atom. The first-order valence-electron chi connectivity index (χ1n) is 10.1. The smallest absolute Gasteiger partial charge is 0.230 e. The van der Waals surface area contributed by atoms with Gasteiger partial charge in [-0.3, -0.25) is 9.59 Å². The summed E-state index contributed by atoms with van der Waals surface area (Å²) in [4.78, 5) is 29.3. The molecule has 0 unspecified atom stereocenters. The van der Waals surface area contributed by atoms with E-state index in [4.69, 9.17) is 0 Å². The third-order valence-electron chi connectivity index (χ3n) is 6.14. The highest BCUT2D eigenvalue weighted by molar-refractivity contribution is 5.84. The van der Waals surface area contributed by atoms with Crippen LogP contribution in [0.5, 0.6) is 0 Å². The van der Waals surface area contributed by atoms with E-state index in [-0.39, 0.29) is 23.0 Å². The van der Waals surface area contributed by atoms with E-state index < -0.39 is 0 Å². The number of rotatable bonds is 6. The van der Waals surface area contributed by atoms with Crippen LogP contribution >= 0.6 is 0 Å². The van der Waals surface area contributed by atoms with Crippen molar-refractivity contribution >= 4 is 11.8 Å². The van der Waals surface area contributed by atoms with Crippen LogP contribution in [0, 0.1) is 11.2 Å². The van der Waals surface area contributed by atoms with Gasteiger partial charge in [-0.25, -0.2) is 4.39 Å². The van der Waals surface area contributed by atoms with E-state index in [1.54, 1.807) is 12.1 Å². The van der Waals surface area contributed by atoms with Crippen LogP contribution in [-0.4, -0.2) is 53.8 Å². The molecule has 1 aliphatic carbocycles. The second kappa shape index (κ2) is 7.58. The van der Waals surface area contributed by atoms with Gasteiger partial charge < -0.3 is 15.1 Å². The van der Waals surface area contributed by atoms with Gasteiger partial charge in [0.25, 0.3) is 0 Å². The van der Waals surface area contributed by atoms with E-state index in [0.29, 0.717) is 19.0 Å². The Hall–Kier alpha value is -1.95. The summed E-state index contributed by atoms with van der Waals surface area (Å²) in [5.41, 5.74) is 0.666. The maximum atomic E-state index is 13.2. The van der Waals surface area contributed by atoms with Crippen LogP contribution in [0.4, 0.5) is 4.39 Å². The molecule has 5 nitrogen and oxygen atoms in total. The van der Waals surface area contributed by atoms with Crippen molar-refractivity contribution in [2.45, 2.75) is 51.1 Å². The lowest BCUT2D eigenvalue weighted by Gasteiger charge is -2.39. The fraction of sp³-hybridized carbons (Fsp3) is 0.619. The van der Waals surface area contributed by atoms with Gasteiger partial charge in [0, 0.05) is 38.6 Å². The third-order valence-corrected chi connectivity index (χ3v) is 6.14. The van der Waals surface area contributed by atoms with Gasteiger partial charge in [-0.15, -0.1) is 0 Å². The Morgan fingerprint density at radius 2 is 1.96 bits per heavy atom. The molecule has 1 aromatic rings. The number of carbonyl (C=O) groups excluding carboxylic acids is 2. The van der Waals surface area contributed by atoms with Crippen molar-refractivity contribution in [3.8, 4) is 0 Å². The molecule has 2 amide bonds. The van der Waals surface area contributed by atoms with E-state index in [9.17, 15) is 14.0 Å². The third kappa shape index (κ3) is 4.32. The van der Waals surface area contributed by atoms with Crippen molar-refractivity contribution < 1.29 is 14.0 Å². The van der Waals surface area contributed by atoms with E-state index >= 15 is 0 Å². The van der Waals surface area contributed by atoms with E-state index in [1.165, 1.54) is 12.1 Å². The molecule has 4 rings (SSSR count). The quantitative estimate of drug-likeness (QED) is 0.833. The van der Waals surface area contributed by atoms with Crippen LogP contribution in [0.1, 0.15) is 44.1 Å². The summed E-state index contributed by atoms with van der Waals surface area (Å²) < 4.78 is 13.1. The number of nitrogens with one attached hydrogen (secondary N) is 1. The summed E-state index contributed by atoms with van der Waals surface area (Å²) >= 11 is 0. The molecule has 2 aliphatic heterocycles. The molecule has 0 bridgehead atoms. The molecule has 3 fully saturated rings. The zero-order valence-corrected chi connectivity index (χ0v) is 15.8. The van der Waals surface area contributed by atoms with Gasteiger partial charge in [0.15, 0.2) is 0 Å². The highest BCUT2D eigenvalue weighted by atomic mass is 19.1. The molecule has 3 aliphatic rings. The van der Waals surface area contributed by atoms with Crippen molar-refractivity contribution in [1.29, 1.82) is 0 Å². The summed E-state index contributed by atoms with van der Waals surface area (Å²) in [7, 11) is 0. The highest BCUT2D eigenvalue weighted by Gasteiger charge is 2.48. The molecular weight excluding hydrogens is 345 g/mol. The summed E-state index contributed by atoms with van der Waals surface area (Å²) in [6, 6.07) is 6.81. The van der Waals surface area contributed by atoms with Crippen LogP contribution in [0.2, 0.25) is 0 Å². The monoisotopic (exact) mass is 373 g/mol. The second-order valence-corrected chi connectivity index (χ2v) is 8.35. The topological polar surface area (TPSA) is 52.7 Å². The normalized spacial score (nSPS) is 26.0. The van der Waals surface area contributed by atoms with Gasteiger partial charge in [-0.05, 0) is 56.3 Å². The van der Waals surface area contributed by atoms with Crippen molar-refractivity contribution in [1.82, 2.24) is 15.1 Å². The van der Waals surface area contributed by atoms with Crippen LogP contribution in [0.15, 0.2) is 24.3 Å². The zero-order chi connectivity index (χ0) is 18.9. The molecule has 146 valence electrons. The minimum Gasteiger partial charge on any atom is -0.353 e. The molecule has 1 aromatic carbocycles. The number of nitrogens with zero attached hydrogens (tertiary/aromatic N) is 2. The standard InChI is InChI=1S/C21H28FN3O2/c22-17-4-2-16(3-5-17)14-25-11-1-9-21(20(25)27)10-13-24(15-21)12-8-19(26)23-18-6-7-18/h2-5,18H,1,6-15H2,(H,23,26)/t21-/m1/s1.